The molecular formula is C13H18N2O5S. The largest absolute Gasteiger partial charge is 0.481 e. The molecule has 0 spiro atoms. The number of hydrogen-bond acceptors (Lipinski definition) is 4. The minimum absolute atomic E-state index is 0.0246. The monoisotopic (exact) mass is 314 g/mol. The predicted molar refractivity (Wildman–Crippen MR) is 79.1 cm³/mol. The van der Waals surface area contributed by atoms with E-state index in [2.05, 4.69) is 10.6 Å². The molecule has 116 valence electrons. The van der Waals surface area contributed by atoms with Gasteiger partial charge in [0, 0.05) is 18.0 Å². The van der Waals surface area contributed by atoms with Gasteiger partial charge in [0.05, 0.1) is 12.2 Å². The van der Waals surface area contributed by atoms with Gasteiger partial charge in [0.25, 0.3) is 0 Å². The number of carboxylic acid groups (broad SMARTS) is 1. The lowest BCUT2D eigenvalue weighted by Gasteiger charge is -2.08. The van der Waals surface area contributed by atoms with Crippen LogP contribution in [-0.2, 0) is 21.1 Å². The molecule has 0 radical (unpaired) electrons. The molecule has 1 rings (SSSR count). The molecule has 21 heavy (non-hydrogen) atoms. The molecular weight excluding hydrogens is 296 g/mol. The van der Waals surface area contributed by atoms with Crippen molar-refractivity contribution in [2.45, 2.75) is 13.3 Å². The molecule has 8 heteroatoms. The zero-order valence-electron chi connectivity index (χ0n) is 11.6. The first-order chi connectivity index (χ1) is 9.82. The summed E-state index contributed by atoms with van der Waals surface area (Å²) in [5.41, 5.74) is 1.01. The lowest BCUT2D eigenvalue weighted by atomic mass is 10.1. The van der Waals surface area contributed by atoms with E-state index in [1.54, 1.807) is 31.2 Å². The van der Waals surface area contributed by atoms with Gasteiger partial charge in [-0.25, -0.2) is 13.2 Å². The third-order valence-corrected chi connectivity index (χ3v) is 4.38. The van der Waals surface area contributed by atoms with Gasteiger partial charge in [-0.1, -0.05) is 19.1 Å². The fraction of sp³-hybridized carbons (Fsp3) is 0.385. The maximum atomic E-state index is 11.6. The highest BCUT2D eigenvalue weighted by Gasteiger charge is 2.08. The van der Waals surface area contributed by atoms with Gasteiger partial charge in [-0.05, 0) is 17.7 Å². The highest BCUT2D eigenvalue weighted by molar-refractivity contribution is 7.91. The summed E-state index contributed by atoms with van der Waals surface area (Å²) in [7, 11) is -3.12. The SMILES string of the molecule is CCS(=O)(=O)CCNC(=O)Nc1cccc(CC(=O)O)c1. The second-order valence-corrected chi connectivity index (χ2v) is 6.86. The summed E-state index contributed by atoms with van der Waals surface area (Å²) in [6.45, 7) is 1.57. The second-order valence-electron chi connectivity index (χ2n) is 4.39. The Hall–Kier alpha value is -2.09. The lowest BCUT2D eigenvalue weighted by molar-refractivity contribution is -0.136. The smallest absolute Gasteiger partial charge is 0.319 e. The number of carboxylic acids is 1. The van der Waals surface area contributed by atoms with Crippen molar-refractivity contribution in [3.8, 4) is 0 Å². The Balaban J connectivity index is 2.49. The highest BCUT2D eigenvalue weighted by atomic mass is 32.2. The van der Waals surface area contributed by atoms with E-state index in [1.807, 2.05) is 0 Å². The lowest BCUT2D eigenvalue weighted by Crippen LogP contribution is -2.33. The van der Waals surface area contributed by atoms with Gasteiger partial charge < -0.3 is 15.7 Å². The van der Waals surface area contributed by atoms with Gasteiger partial charge in [0.2, 0.25) is 0 Å². The van der Waals surface area contributed by atoms with E-state index in [0.717, 1.165) is 0 Å². The average Bonchev–Trinajstić information content (AvgIpc) is 2.38. The van der Waals surface area contributed by atoms with Gasteiger partial charge in [-0.2, -0.15) is 0 Å². The number of anilines is 1. The minimum Gasteiger partial charge on any atom is -0.481 e. The Morgan fingerprint density at radius 2 is 2.00 bits per heavy atom. The third kappa shape index (κ3) is 6.75. The number of carbonyl (C=O) groups excluding carboxylic acids is 1. The van der Waals surface area contributed by atoms with Crippen LogP contribution in [0.3, 0.4) is 0 Å². The van der Waals surface area contributed by atoms with E-state index in [1.165, 1.54) is 0 Å². The molecule has 0 saturated carbocycles. The average molecular weight is 314 g/mol. The molecule has 2 amide bonds. The van der Waals surface area contributed by atoms with Crippen molar-refractivity contribution in [2.24, 2.45) is 0 Å². The molecule has 0 aliphatic carbocycles. The predicted octanol–water partition coefficient (Wildman–Crippen LogP) is 0.870. The Kier molecular flexibility index (Phi) is 6.16. The van der Waals surface area contributed by atoms with Gasteiger partial charge >= 0.3 is 12.0 Å². The number of urea groups is 1. The number of amides is 2. The summed E-state index contributed by atoms with van der Waals surface area (Å²) in [5.74, 6) is -1.04. The van der Waals surface area contributed by atoms with Crippen molar-refractivity contribution in [2.75, 3.05) is 23.4 Å². The fourth-order valence-electron chi connectivity index (χ4n) is 1.57. The van der Waals surface area contributed by atoms with E-state index in [9.17, 15) is 18.0 Å². The van der Waals surface area contributed by atoms with E-state index < -0.39 is 21.8 Å². The zero-order valence-corrected chi connectivity index (χ0v) is 12.4. The molecule has 0 aromatic heterocycles. The van der Waals surface area contributed by atoms with Crippen LogP contribution in [0, 0.1) is 0 Å². The number of hydrogen-bond donors (Lipinski definition) is 3. The summed E-state index contributed by atoms with van der Waals surface area (Å²) in [5, 5.41) is 13.7. The number of sulfone groups is 1. The molecule has 1 aromatic carbocycles. The van der Waals surface area contributed by atoms with Crippen molar-refractivity contribution in [1.29, 1.82) is 0 Å². The van der Waals surface area contributed by atoms with Crippen LogP contribution in [0.15, 0.2) is 24.3 Å². The van der Waals surface area contributed by atoms with Crippen LogP contribution in [0.25, 0.3) is 0 Å². The normalized spacial score (nSPS) is 10.9. The summed E-state index contributed by atoms with van der Waals surface area (Å²) in [4.78, 5) is 22.2. The molecule has 1 aromatic rings. The topological polar surface area (TPSA) is 113 Å². The van der Waals surface area contributed by atoms with E-state index >= 15 is 0 Å². The first-order valence-electron chi connectivity index (χ1n) is 6.38. The quantitative estimate of drug-likeness (QED) is 0.691. The summed E-state index contributed by atoms with van der Waals surface area (Å²) in [6, 6.07) is 5.92. The van der Waals surface area contributed by atoms with Crippen molar-refractivity contribution >= 4 is 27.5 Å². The molecule has 0 saturated heterocycles. The molecule has 0 heterocycles. The van der Waals surface area contributed by atoms with Crippen LogP contribution in [0.5, 0.6) is 0 Å². The fourth-order valence-corrected chi connectivity index (χ4v) is 2.28. The van der Waals surface area contributed by atoms with E-state index in [-0.39, 0.29) is 24.5 Å². The minimum atomic E-state index is -3.12. The maximum Gasteiger partial charge on any atom is 0.319 e. The Morgan fingerprint density at radius 1 is 1.29 bits per heavy atom. The van der Waals surface area contributed by atoms with Crippen molar-refractivity contribution < 1.29 is 23.1 Å². The van der Waals surface area contributed by atoms with Crippen LogP contribution in [0.1, 0.15) is 12.5 Å². The van der Waals surface area contributed by atoms with Crippen molar-refractivity contribution in [1.82, 2.24) is 5.32 Å². The van der Waals surface area contributed by atoms with E-state index in [0.29, 0.717) is 11.3 Å². The number of rotatable bonds is 7. The molecule has 0 fully saturated rings. The number of carbonyl (C=O) groups is 2. The van der Waals surface area contributed by atoms with Crippen LogP contribution < -0.4 is 10.6 Å². The van der Waals surface area contributed by atoms with E-state index in [4.69, 9.17) is 5.11 Å². The maximum absolute atomic E-state index is 11.6. The molecule has 3 N–H and O–H groups in total. The molecule has 0 aliphatic heterocycles. The molecule has 0 atom stereocenters. The van der Waals surface area contributed by atoms with Gasteiger partial charge in [0.1, 0.15) is 0 Å². The van der Waals surface area contributed by atoms with Crippen LogP contribution >= 0.6 is 0 Å². The Bertz CT molecular complexity index is 613. The molecule has 0 bridgehead atoms. The van der Waals surface area contributed by atoms with Gasteiger partial charge in [0.15, 0.2) is 9.84 Å². The standard InChI is InChI=1S/C13H18N2O5S/c1-2-21(19,20)7-6-14-13(18)15-11-5-3-4-10(8-11)9-12(16)17/h3-5,8H,2,6-7,9H2,1H3,(H,16,17)(H2,14,15,18). The van der Waals surface area contributed by atoms with Crippen LogP contribution in [0.2, 0.25) is 0 Å². The first-order valence-corrected chi connectivity index (χ1v) is 8.20. The highest BCUT2D eigenvalue weighted by Crippen LogP contribution is 2.11. The number of nitrogens with one attached hydrogen (secondary N) is 2. The van der Waals surface area contributed by atoms with Gasteiger partial charge in [-0.3, -0.25) is 4.79 Å². The zero-order chi connectivity index (χ0) is 15.9. The van der Waals surface area contributed by atoms with Crippen LogP contribution in [-0.4, -0.2) is 43.6 Å². The summed E-state index contributed by atoms with van der Waals surface area (Å²) < 4.78 is 22.5. The van der Waals surface area contributed by atoms with Crippen molar-refractivity contribution in [3.63, 3.8) is 0 Å². The molecule has 0 unspecified atom stereocenters. The third-order valence-electron chi connectivity index (χ3n) is 2.68. The number of benzene rings is 1. The van der Waals surface area contributed by atoms with Gasteiger partial charge in [-0.15, -0.1) is 0 Å². The number of aliphatic carboxylic acids is 1. The van der Waals surface area contributed by atoms with Crippen molar-refractivity contribution in [3.05, 3.63) is 29.8 Å². The summed E-state index contributed by atoms with van der Waals surface area (Å²) >= 11 is 0. The van der Waals surface area contributed by atoms with Crippen LogP contribution in [0.4, 0.5) is 10.5 Å². The second kappa shape index (κ2) is 7.63. The first kappa shape index (κ1) is 17.0. The Morgan fingerprint density at radius 3 is 2.62 bits per heavy atom. The molecule has 0 aliphatic rings. The molecule has 7 nitrogen and oxygen atoms in total. The summed E-state index contributed by atoms with van der Waals surface area (Å²) in [6.07, 6.45) is -0.133. The Labute approximate surface area is 123 Å².